The molecule has 0 fully saturated rings. The maximum Gasteiger partial charge on any atom is 0.258 e. The summed E-state index contributed by atoms with van der Waals surface area (Å²) in [6, 6.07) is 4.09. The van der Waals surface area contributed by atoms with Crippen LogP contribution in [0.5, 0.6) is 0 Å². The molecule has 0 aromatic heterocycles. The number of benzene rings is 1. The summed E-state index contributed by atoms with van der Waals surface area (Å²) in [4.78, 5) is 34.5. The van der Waals surface area contributed by atoms with Crippen LogP contribution >= 0.6 is 0 Å². The molecule has 1 aliphatic heterocycles. The molecule has 0 spiro atoms. The summed E-state index contributed by atoms with van der Waals surface area (Å²) in [7, 11) is 0. The molecule has 0 N–H and O–H groups in total. The summed E-state index contributed by atoms with van der Waals surface area (Å²) in [5.74, 6) is -2.16. The Hall–Kier alpha value is -2.43. The number of carboxylic acids is 1. The summed E-state index contributed by atoms with van der Waals surface area (Å²) < 4.78 is 0. The first kappa shape index (κ1) is 11.1. The largest absolute Gasteiger partial charge is 0.545 e. The second-order valence-electron chi connectivity index (χ2n) is 3.63. The fourth-order valence-corrected chi connectivity index (χ4v) is 1.67. The van der Waals surface area contributed by atoms with Crippen LogP contribution in [0.3, 0.4) is 0 Å². The number of carbonyl (C=O) groups is 3. The normalized spacial score (nSPS) is 14.5. The molecule has 1 aromatic carbocycles. The molecule has 5 nitrogen and oxygen atoms in total. The van der Waals surface area contributed by atoms with Gasteiger partial charge in [0.25, 0.3) is 11.8 Å². The standard InChI is InChI=1S/C12H9NO4/c1-7-6-8(12(16)17)2-3-9(7)13-10(14)4-5-11(13)15/h2-6H,1H3,(H,16,17)/p-1. The molecule has 0 radical (unpaired) electrons. The molecule has 0 atom stereocenters. The fourth-order valence-electron chi connectivity index (χ4n) is 1.67. The lowest BCUT2D eigenvalue weighted by Crippen LogP contribution is -2.30. The lowest BCUT2D eigenvalue weighted by Gasteiger charge is -2.17. The van der Waals surface area contributed by atoms with Crippen molar-refractivity contribution in [3.05, 3.63) is 41.5 Å². The fraction of sp³-hybridized carbons (Fsp3) is 0.0833. The topological polar surface area (TPSA) is 77.5 Å². The quantitative estimate of drug-likeness (QED) is 0.658. The zero-order valence-electron chi connectivity index (χ0n) is 8.97. The van der Waals surface area contributed by atoms with E-state index in [0.29, 0.717) is 11.3 Å². The zero-order chi connectivity index (χ0) is 12.6. The Balaban J connectivity index is 2.44. The first-order chi connectivity index (χ1) is 8.00. The SMILES string of the molecule is Cc1cc(C(=O)[O-])ccc1N1C(=O)C=CC1=O. The minimum atomic E-state index is -1.29. The first-order valence-electron chi connectivity index (χ1n) is 4.89. The predicted molar refractivity (Wildman–Crippen MR) is 57.1 cm³/mol. The van der Waals surface area contributed by atoms with Crippen molar-refractivity contribution in [3.63, 3.8) is 0 Å². The Morgan fingerprint density at radius 2 is 1.76 bits per heavy atom. The van der Waals surface area contributed by atoms with E-state index in [1.807, 2.05) is 0 Å². The summed E-state index contributed by atoms with van der Waals surface area (Å²) in [5.41, 5.74) is 0.922. The molecule has 86 valence electrons. The maximum absolute atomic E-state index is 11.4. The number of hydrogen-bond acceptors (Lipinski definition) is 4. The molecular formula is C12H8NO4-. The predicted octanol–water partition coefficient (Wildman–Crippen LogP) is -0.212. The number of nitrogens with zero attached hydrogens (tertiary/aromatic N) is 1. The van der Waals surface area contributed by atoms with Crippen molar-refractivity contribution in [1.29, 1.82) is 0 Å². The molecule has 17 heavy (non-hydrogen) atoms. The zero-order valence-corrected chi connectivity index (χ0v) is 8.97. The van der Waals surface area contributed by atoms with Crippen molar-refractivity contribution < 1.29 is 19.5 Å². The summed E-state index contributed by atoms with van der Waals surface area (Å²) in [5, 5.41) is 10.6. The highest BCUT2D eigenvalue weighted by atomic mass is 16.4. The van der Waals surface area contributed by atoms with E-state index in [1.54, 1.807) is 6.92 Å². The monoisotopic (exact) mass is 230 g/mol. The van der Waals surface area contributed by atoms with E-state index < -0.39 is 17.8 Å². The third kappa shape index (κ3) is 1.82. The number of aryl methyl sites for hydroxylation is 1. The van der Waals surface area contributed by atoms with E-state index in [-0.39, 0.29) is 5.56 Å². The van der Waals surface area contributed by atoms with Gasteiger partial charge in [0.15, 0.2) is 0 Å². The second-order valence-corrected chi connectivity index (χ2v) is 3.63. The van der Waals surface area contributed by atoms with Crippen LogP contribution in [0.15, 0.2) is 30.4 Å². The van der Waals surface area contributed by atoms with Crippen LogP contribution in [0.1, 0.15) is 15.9 Å². The third-order valence-corrected chi connectivity index (χ3v) is 2.48. The smallest absolute Gasteiger partial charge is 0.258 e. The van der Waals surface area contributed by atoms with Crippen LogP contribution in [-0.2, 0) is 9.59 Å². The maximum atomic E-state index is 11.4. The molecule has 2 amide bonds. The number of aromatic carboxylic acids is 1. The summed E-state index contributed by atoms with van der Waals surface area (Å²) in [6.07, 6.45) is 2.35. The van der Waals surface area contributed by atoms with Gasteiger partial charge in [0.05, 0.1) is 11.7 Å². The van der Waals surface area contributed by atoms with E-state index in [0.717, 1.165) is 4.90 Å². The highest BCUT2D eigenvalue weighted by Gasteiger charge is 2.26. The van der Waals surface area contributed by atoms with Gasteiger partial charge in [0.1, 0.15) is 0 Å². The van der Waals surface area contributed by atoms with Crippen LogP contribution in [0.4, 0.5) is 5.69 Å². The molecule has 0 aliphatic carbocycles. The van der Waals surface area contributed by atoms with Crippen molar-refractivity contribution in [1.82, 2.24) is 0 Å². The van der Waals surface area contributed by atoms with Gasteiger partial charge in [0.2, 0.25) is 0 Å². The van der Waals surface area contributed by atoms with Gasteiger partial charge >= 0.3 is 0 Å². The lowest BCUT2D eigenvalue weighted by atomic mass is 10.1. The van der Waals surface area contributed by atoms with Crippen molar-refractivity contribution >= 4 is 23.5 Å². The second kappa shape index (κ2) is 3.86. The Kier molecular flexibility index (Phi) is 2.51. The van der Waals surface area contributed by atoms with Gasteiger partial charge in [-0.15, -0.1) is 0 Å². The highest BCUT2D eigenvalue weighted by molar-refractivity contribution is 6.28. The van der Waals surface area contributed by atoms with Gasteiger partial charge in [-0.25, -0.2) is 4.90 Å². The van der Waals surface area contributed by atoms with Crippen molar-refractivity contribution in [3.8, 4) is 0 Å². The number of carbonyl (C=O) groups excluding carboxylic acids is 3. The molecule has 5 heteroatoms. The van der Waals surface area contributed by atoms with E-state index in [1.165, 1.54) is 30.4 Å². The summed E-state index contributed by atoms with van der Waals surface area (Å²) >= 11 is 0. The molecule has 2 rings (SSSR count). The third-order valence-electron chi connectivity index (χ3n) is 2.48. The van der Waals surface area contributed by atoms with Gasteiger partial charge in [-0.3, -0.25) is 9.59 Å². The highest BCUT2D eigenvalue weighted by Crippen LogP contribution is 2.24. The number of carboxylic acid groups (broad SMARTS) is 1. The number of rotatable bonds is 2. The molecule has 1 aromatic rings. The van der Waals surface area contributed by atoms with Crippen LogP contribution in [-0.4, -0.2) is 17.8 Å². The van der Waals surface area contributed by atoms with Crippen molar-refractivity contribution in [2.45, 2.75) is 6.92 Å². The van der Waals surface area contributed by atoms with E-state index >= 15 is 0 Å². The van der Waals surface area contributed by atoms with Crippen molar-refractivity contribution in [2.24, 2.45) is 0 Å². The van der Waals surface area contributed by atoms with E-state index in [9.17, 15) is 19.5 Å². The Bertz CT molecular complexity index is 542. The molecule has 0 bridgehead atoms. The minimum Gasteiger partial charge on any atom is -0.545 e. The number of amides is 2. The van der Waals surface area contributed by atoms with Gasteiger partial charge in [0, 0.05) is 12.2 Å². The first-order valence-corrected chi connectivity index (χ1v) is 4.89. The lowest BCUT2D eigenvalue weighted by molar-refractivity contribution is -0.255. The van der Waals surface area contributed by atoms with Gasteiger partial charge in [-0.2, -0.15) is 0 Å². The van der Waals surface area contributed by atoms with Gasteiger partial charge in [-0.1, -0.05) is 6.07 Å². The average Bonchev–Trinajstić information content (AvgIpc) is 2.59. The van der Waals surface area contributed by atoms with E-state index in [2.05, 4.69) is 0 Å². The number of imide groups is 1. The molecule has 1 heterocycles. The Labute approximate surface area is 97.0 Å². The van der Waals surface area contributed by atoms with Crippen molar-refractivity contribution in [2.75, 3.05) is 4.90 Å². The van der Waals surface area contributed by atoms with Crippen LogP contribution < -0.4 is 10.0 Å². The molecule has 0 unspecified atom stereocenters. The average molecular weight is 230 g/mol. The van der Waals surface area contributed by atoms with Crippen LogP contribution in [0, 0.1) is 6.92 Å². The molecule has 1 aliphatic rings. The molecule has 0 saturated carbocycles. The number of hydrogen-bond donors (Lipinski definition) is 0. The van der Waals surface area contributed by atoms with Crippen LogP contribution in [0.25, 0.3) is 0 Å². The summed E-state index contributed by atoms with van der Waals surface area (Å²) in [6.45, 7) is 1.63. The van der Waals surface area contributed by atoms with Gasteiger partial charge < -0.3 is 9.90 Å². The van der Waals surface area contributed by atoms with Gasteiger partial charge in [-0.05, 0) is 30.2 Å². The minimum absolute atomic E-state index is 0.0123. The Morgan fingerprint density at radius 3 is 2.24 bits per heavy atom. The Morgan fingerprint density at radius 1 is 1.18 bits per heavy atom. The number of anilines is 1. The van der Waals surface area contributed by atoms with E-state index in [4.69, 9.17) is 0 Å². The molecular weight excluding hydrogens is 222 g/mol. The molecule has 0 saturated heterocycles. The van der Waals surface area contributed by atoms with Crippen LogP contribution in [0.2, 0.25) is 0 Å².